The maximum Gasteiger partial charge on any atom is 0.0473 e. The Morgan fingerprint density at radius 1 is 0.960 bits per heavy atom. The van der Waals surface area contributed by atoms with Crippen LogP contribution < -0.4 is 11.1 Å². The van der Waals surface area contributed by atoms with Crippen molar-refractivity contribution < 1.29 is 0 Å². The number of hydrogen-bond donors (Lipinski definition) is 3. The van der Waals surface area contributed by atoms with E-state index in [0.29, 0.717) is 6.54 Å². The molecule has 25 heavy (non-hydrogen) atoms. The maximum atomic E-state index is 7.74. The van der Waals surface area contributed by atoms with Gasteiger partial charge in [-0.2, -0.15) is 0 Å². The number of anilines is 2. The van der Waals surface area contributed by atoms with E-state index in [2.05, 4.69) is 23.5 Å². The zero-order valence-electron chi connectivity index (χ0n) is 13.9. The molecule has 0 spiro atoms. The number of benzene rings is 3. The average molecular weight is 347 g/mol. The van der Waals surface area contributed by atoms with Crippen molar-refractivity contribution in [1.82, 2.24) is 0 Å². The molecule has 126 valence electrons. The molecule has 0 saturated carbocycles. The molecule has 0 heterocycles. The third-order valence-corrected chi connectivity index (χ3v) is 5.17. The van der Waals surface area contributed by atoms with Crippen molar-refractivity contribution in [3.8, 4) is 0 Å². The van der Waals surface area contributed by atoms with Gasteiger partial charge in [-0.1, -0.05) is 48.5 Å². The third-order valence-electron chi connectivity index (χ3n) is 3.90. The maximum absolute atomic E-state index is 7.74. The summed E-state index contributed by atoms with van der Waals surface area (Å²) in [6.07, 6.45) is 1.38. The number of thioether (sulfide) groups is 1. The monoisotopic (exact) mass is 347 g/mol. The van der Waals surface area contributed by atoms with Crippen LogP contribution in [0.5, 0.6) is 0 Å². The van der Waals surface area contributed by atoms with E-state index in [9.17, 15) is 0 Å². The van der Waals surface area contributed by atoms with E-state index in [0.717, 1.165) is 21.8 Å². The molecule has 3 aromatic carbocycles. The highest BCUT2D eigenvalue weighted by atomic mass is 32.2. The van der Waals surface area contributed by atoms with Crippen molar-refractivity contribution in [3.05, 3.63) is 90.0 Å². The van der Waals surface area contributed by atoms with E-state index in [4.69, 9.17) is 11.1 Å². The van der Waals surface area contributed by atoms with E-state index >= 15 is 0 Å². The summed E-state index contributed by atoms with van der Waals surface area (Å²) in [6, 6.07) is 26.4. The molecule has 3 rings (SSSR count). The summed E-state index contributed by atoms with van der Waals surface area (Å²) in [5, 5.41) is 11.3. The van der Waals surface area contributed by atoms with Crippen molar-refractivity contribution >= 4 is 29.4 Å². The lowest BCUT2D eigenvalue weighted by molar-refractivity contribution is 0.941. The molecule has 0 bridgehead atoms. The molecule has 1 unspecified atom stereocenters. The zero-order chi connectivity index (χ0) is 17.5. The first kappa shape index (κ1) is 17.3. The molecule has 0 fully saturated rings. The van der Waals surface area contributed by atoms with Crippen molar-refractivity contribution in [1.29, 1.82) is 5.41 Å². The van der Waals surface area contributed by atoms with Crippen LogP contribution in [-0.4, -0.2) is 12.8 Å². The predicted molar refractivity (Wildman–Crippen MR) is 108 cm³/mol. The Morgan fingerprint density at radius 2 is 1.64 bits per heavy atom. The van der Waals surface area contributed by atoms with Crippen LogP contribution in [0.15, 0.2) is 83.8 Å². The van der Waals surface area contributed by atoms with Gasteiger partial charge in [-0.05, 0) is 35.9 Å². The molecule has 0 aliphatic rings. The highest BCUT2D eigenvalue weighted by molar-refractivity contribution is 7.99. The summed E-state index contributed by atoms with van der Waals surface area (Å²) in [4.78, 5) is 1.11. The van der Waals surface area contributed by atoms with Gasteiger partial charge in [0.1, 0.15) is 0 Å². The molecular formula is C21H21N3S. The standard InChI is InChI=1S/C21H21N3S/c22-14-17-13-19(25-21(15-23)16-7-3-1-4-8-16)11-12-20(17)24-18-9-5-2-6-10-18/h1-14,21-22,24H,15,23H2. The van der Waals surface area contributed by atoms with Crippen LogP contribution in [0.4, 0.5) is 11.4 Å². The Hall–Kier alpha value is -2.56. The Kier molecular flexibility index (Phi) is 5.88. The summed E-state index contributed by atoms with van der Waals surface area (Å²) in [5.41, 5.74) is 9.99. The minimum absolute atomic E-state index is 0.202. The van der Waals surface area contributed by atoms with Gasteiger partial charge in [0, 0.05) is 39.8 Å². The van der Waals surface area contributed by atoms with E-state index in [1.807, 2.05) is 60.7 Å². The van der Waals surface area contributed by atoms with Crippen molar-refractivity contribution in [3.63, 3.8) is 0 Å². The Morgan fingerprint density at radius 3 is 2.28 bits per heavy atom. The molecule has 0 aromatic heterocycles. The topological polar surface area (TPSA) is 61.9 Å². The van der Waals surface area contributed by atoms with Gasteiger partial charge in [-0.15, -0.1) is 11.8 Å². The lowest BCUT2D eigenvalue weighted by Crippen LogP contribution is -2.09. The number of rotatable bonds is 7. The number of hydrogen-bond acceptors (Lipinski definition) is 4. The first-order valence-corrected chi connectivity index (χ1v) is 9.06. The number of nitrogens with two attached hydrogens (primary N) is 1. The Labute approximate surface area is 152 Å². The van der Waals surface area contributed by atoms with Crippen LogP contribution >= 0.6 is 11.8 Å². The van der Waals surface area contributed by atoms with Gasteiger partial charge in [-0.25, -0.2) is 0 Å². The lowest BCUT2D eigenvalue weighted by atomic mass is 10.1. The van der Waals surface area contributed by atoms with Crippen LogP contribution in [0, 0.1) is 5.41 Å². The summed E-state index contributed by atoms with van der Waals surface area (Å²) < 4.78 is 0. The van der Waals surface area contributed by atoms with Gasteiger partial charge in [0.15, 0.2) is 0 Å². The fraction of sp³-hybridized carbons (Fsp3) is 0.0952. The lowest BCUT2D eigenvalue weighted by Gasteiger charge is -2.16. The highest BCUT2D eigenvalue weighted by Crippen LogP contribution is 2.36. The van der Waals surface area contributed by atoms with Gasteiger partial charge in [0.05, 0.1) is 0 Å². The second-order valence-electron chi connectivity index (χ2n) is 5.64. The summed E-state index contributed by atoms with van der Waals surface area (Å²) in [6.45, 7) is 0.568. The van der Waals surface area contributed by atoms with Crippen molar-refractivity contribution in [2.24, 2.45) is 5.73 Å². The predicted octanol–water partition coefficient (Wildman–Crippen LogP) is 5.22. The van der Waals surface area contributed by atoms with Crippen LogP contribution in [0.3, 0.4) is 0 Å². The van der Waals surface area contributed by atoms with E-state index in [1.165, 1.54) is 11.8 Å². The first-order valence-electron chi connectivity index (χ1n) is 8.18. The van der Waals surface area contributed by atoms with Crippen LogP contribution in [0.25, 0.3) is 0 Å². The fourth-order valence-corrected chi connectivity index (χ4v) is 3.67. The fourth-order valence-electron chi connectivity index (χ4n) is 2.61. The highest BCUT2D eigenvalue weighted by Gasteiger charge is 2.12. The van der Waals surface area contributed by atoms with E-state index < -0.39 is 0 Å². The van der Waals surface area contributed by atoms with Crippen LogP contribution in [-0.2, 0) is 0 Å². The van der Waals surface area contributed by atoms with E-state index in [1.54, 1.807) is 11.8 Å². The van der Waals surface area contributed by atoms with Crippen molar-refractivity contribution in [2.75, 3.05) is 11.9 Å². The van der Waals surface area contributed by atoms with Crippen molar-refractivity contribution in [2.45, 2.75) is 10.1 Å². The molecule has 4 heteroatoms. The molecule has 0 aliphatic carbocycles. The first-order chi connectivity index (χ1) is 12.3. The molecule has 0 amide bonds. The molecular weight excluding hydrogens is 326 g/mol. The molecule has 0 aliphatic heterocycles. The quantitative estimate of drug-likeness (QED) is 0.405. The molecule has 4 N–H and O–H groups in total. The van der Waals surface area contributed by atoms with Gasteiger partial charge in [0.25, 0.3) is 0 Å². The van der Waals surface area contributed by atoms with Crippen LogP contribution in [0.1, 0.15) is 16.4 Å². The summed E-state index contributed by atoms with van der Waals surface area (Å²) in [5.74, 6) is 0. The SMILES string of the molecule is N=Cc1cc(SC(CN)c2ccccc2)ccc1Nc1ccccc1. The molecule has 1 atom stereocenters. The molecule has 0 saturated heterocycles. The Balaban J connectivity index is 1.80. The van der Waals surface area contributed by atoms with Gasteiger partial charge < -0.3 is 16.5 Å². The normalized spacial score (nSPS) is 11.7. The van der Waals surface area contributed by atoms with Crippen LogP contribution in [0.2, 0.25) is 0 Å². The number of nitrogens with one attached hydrogen (secondary N) is 2. The van der Waals surface area contributed by atoms with Gasteiger partial charge >= 0.3 is 0 Å². The molecule has 3 nitrogen and oxygen atoms in total. The third kappa shape index (κ3) is 4.50. The van der Waals surface area contributed by atoms with Gasteiger partial charge in [-0.3, -0.25) is 0 Å². The second-order valence-corrected chi connectivity index (χ2v) is 6.91. The molecule has 0 radical (unpaired) electrons. The largest absolute Gasteiger partial charge is 0.355 e. The summed E-state index contributed by atoms with van der Waals surface area (Å²) in [7, 11) is 0. The smallest absolute Gasteiger partial charge is 0.0473 e. The zero-order valence-corrected chi connectivity index (χ0v) is 14.7. The number of para-hydroxylation sites is 1. The van der Waals surface area contributed by atoms with Gasteiger partial charge in [0.2, 0.25) is 0 Å². The Bertz CT molecular complexity index is 819. The van der Waals surface area contributed by atoms with E-state index in [-0.39, 0.29) is 5.25 Å². The second kappa shape index (κ2) is 8.51. The minimum Gasteiger partial charge on any atom is -0.355 e. The molecule has 3 aromatic rings. The minimum atomic E-state index is 0.202. The summed E-state index contributed by atoms with van der Waals surface area (Å²) >= 11 is 1.73. The average Bonchev–Trinajstić information content (AvgIpc) is 2.68.